The van der Waals surface area contributed by atoms with Crippen LogP contribution in [0.15, 0.2) is 0 Å². The molecule has 0 atom stereocenters. The summed E-state index contributed by atoms with van der Waals surface area (Å²) in [6.07, 6.45) is 12.1. The first-order chi connectivity index (χ1) is 9.22. The second-order valence-corrected chi connectivity index (χ2v) is 4.72. The number of ether oxygens (including phenoxy) is 1. The zero-order chi connectivity index (χ0) is 14.3. The molecule has 20 heavy (non-hydrogen) atoms. The van der Waals surface area contributed by atoms with Crippen molar-refractivity contribution in [1.29, 1.82) is 0 Å². The molecule has 2 N–H and O–H groups in total. The number of carbonyl (C=O) groups excluding carboxylic acids is 2. The van der Waals surface area contributed by atoms with Gasteiger partial charge in [0.15, 0.2) is 0 Å². The van der Waals surface area contributed by atoms with Gasteiger partial charge in [-0.25, -0.2) is 9.59 Å². The predicted molar refractivity (Wildman–Crippen MR) is 74.2 cm³/mol. The Balaban J connectivity index is -0.00000162. The van der Waals surface area contributed by atoms with Crippen LogP contribution in [0.25, 0.3) is 0 Å². The molecule has 0 aromatic carbocycles. The number of hydrogen-bond acceptors (Lipinski definition) is 5. The summed E-state index contributed by atoms with van der Waals surface area (Å²) in [4.78, 5) is 25.2. The van der Waals surface area contributed by atoms with Crippen molar-refractivity contribution < 1.29 is 72.0 Å². The average Bonchev–Trinajstić information content (AvgIpc) is 2.43. The summed E-state index contributed by atoms with van der Waals surface area (Å²) in [6.45, 7) is 2.48. The fourth-order valence-electron chi connectivity index (χ4n) is 1.86. The van der Waals surface area contributed by atoms with Gasteiger partial charge in [0.25, 0.3) is 0 Å². The van der Waals surface area contributed by atoms with Crippen LogP contribution in [0.5, 0.6) is 0 Å². The molecule has 0 amide bonds. The van der Waals surface area contributed by atoms with Gasteiger partial charge in [0.1, 0.15) is 0 Å². The smallest absolute Gasteiger partial charge is 1.00 e. The first-order valence-electron chi connectivity index (χ1n) is 7.30. The van der Waals surface area contributed by atoms with E-state index in [0.717, 1.165) is 19.3 Å². The molecule has 0 radical (unpaired) electrons. The monoisotopic (exact) mass is 313 g/mol. The largest absolute Gasteiger partial charge is 1.00 e. The van der Waals surface area contributed by atoms with Crippen LogP contribution >= 0.6 is 0 Å². The molecule has 0 aliphatic heterocycles. The summed E-state index contributed by atoms with van der Waals surface area (Å²) < 4.78 is 4.67. The molecule has 0 aliphatic carbocycles. The molecule has 0 saturated heterocycles. The van der Waals surface area contributed by atoms with Crippen molar-refractivity contribution in [2.75, 3.05) is 6.61 Å². The zero-order valence-corrected chi connectivity index (χ0v) is 16.1. The van der Waals surface area contributed by atoms with Gasteiger partial charge in [0, 0.05) is 0 Å². The van der Waals surface area contributed by atoms with Crippen molar-refractivity contribution >= 4 is 11.9 Å². The van der Waals surface area contributed by atoms with E-state index >= 15 is 0 Å². The Morgan fingerprint density at radius 2 is 1.30 bits per heavy atom. The molecular weight excluding hydrogens is 285 g/mol. The fraction of sp³-hybridized carbons (Fsp3) is 0.857. The Hall–Kier alpha value is 0.536. The van der Waals surface area contributed by atoms with Crippen LogP contribution in [-0.4, -0.2) is 18.5 Å². The third kappa shape index (κ3) is 14.9. The summed E-state index contributed by atoms with van der Waals surface area (Å²) in [5.74, 6) is 2.39. The Morgan fingerprint density at radius 3 is 1.75 bits per heavy atom. The van der Waals surface area contributed by atoms with E-state index in [-0.39, 0.29) is 59.4 Å². The Labute approximate surface area is 166 Å². The zero-order valence-electron chi connectivity index (χ0n) is 14.0. The topological polar surface area (TPSA) is 78.6 Å². The van der Waals surface area contributed by atoms with Gasteiger partial charge >= 0.3 is 63.3 Å². The van der Waals surface area contributed by atoms with Gasteiger partial charge in [0.2, 0.25) is 0 Å². The molecule has 0 aromatic rings. The van der Waals surface area contributed by atoms with Crippen molar-refractivity contribution in [3.05, 3.63) is 0 Å². The van der Waals surface area contributed by atoms with E-state index in [2.05, 4.69) is 22.4 Å². The minimum Gasteiger partial charge on any atom is -1.00 e. The van der Waals surface area contributed by atoms with Crippen LogP contribution in [0.3, 0.4) is 0 Å². The molecule has 0 saturated carbocycles. The molecule has 0 bridgehead atoms. The second kappa shape index (κ2) is 17.6. The summed E-state index contributed by atoms with van der Waals surface area (Å²) >= 11 is 0. The molecule has 0 aromatic heterocycles. The summed E-state index contributed by atoms with van der Waals surface area (Å²) in [5, 5.41) is 0. The van der Waals surface area contributed by atoms with Crippen LogP contribution in [-0.2, 0) is 19.2 Å². The maximum atomic E-state index is 10.9. The van der Waals surface area contributed by atoms with E-state index in [4.69, 9.17) is 0 Å². The molecule has 0 fully saturated rings. The van der Waals surface area contributed by atoms with E-state index < -0.39 is 11.9 Å². The van der Waals surface area contributed by atoms with E-state index in [0.29, 0.717) is 0 Å². The van der Waals surface area contributed by atoms with Gasteiger partial charge in [-0.1, -0.05) is 64.7 Å². The summed E-state index contributed by atoms with van der Waals surface area (Å²) in [6, 6.07) is 0. The van der Waals surface area contributed by atoms with Gasteiger partial charge in [-0.3, -0.25) is 0 Å². The van der Waals surface area contributed by atoms with Crippen LogP contribution in [0.2, 0.25) is 0 Å². The van der Waals surface area contributed by atoms with Gasteiger partial charge in [-0.2, -0.15) is 5.90 Å². The average molecular weight is 313 g/mol. The predicted octanol–water partition coefficient (Wildman–Crippen LogP) is -0.0161. The number of nitrogens with two attached hydrogens (primary N) is 1. The number of esters is 1. The normalized spacial score (nSPS) is 9.70. The van der Waals surface area contributed by atoms with E-state index in [1.807, 2.05) is 0 Å². The minimum absolute atomic E-state index is 0. The van der Waals surface area contributed by atoms with E-state index in [1.54, 1.807) is 0 Å². The molecule has 6 heteroatoms. The molecule has 0 aliphatic rings. The molecule has 0 spiro atoms. The molecule has 0 rings (SSSR count). The Kier molecular flexibility index (Phi) is 20.1. The first kappa shape index (κ1) is 22.8. The molecule has 114 valence electrons. The fourth-order valence-corrected chi connectivity index (χ4v) is 1.86. The SMILES string of the molecule is CCCCCCCCCCCCOC(=O)C(=O)ON.[H-].[K+]. The Bertz CT molecular complexity index is 255. The van der Waals surface area contributed by atoms with Crippen molar-refractivity contribution in [3.8, 4) is 0 Å². The van der Waals surface area contributed by atoms with E-state index in [9.17, 15) is 9.59 Å². The van der Waals surface area contributed by atoms with Crippen molar-refractivity contribution in [1.82, 2.24) is 0 Å². The van der Waals surface area contributed by atoms with Crippen molar-refractivity contribution in [2.24, 2.45) is 5.90 Å². The number of hydrogen-bond donors (Lipinski definition) is 1. The molecule has 5 nitrogen and oxygen atoms in total. The van der Waals surface area contributed by atoms with E-state index in [1.165, 1.54) is 44.9 Å². The van der Waals surface area contributed by atoms with Gasteiger partial charge < -0.3 is 11.0 Å². The quantitative estimate of drug-likeness (QED) is 0.191. The summed E-state index contributed by atoms with van der Waals surface area (Å²) in [7, 11) is 0. The first-order valence-corrected chi connectivity index (χ1v) is 7.30. The summed E-state index contributed by atoms with van der Waals surface area (Å²) in [5.41, 5.74) is 0. The third-order valence-corrected chi connectivity index (χ3v) is 3.00. The maximum absolute atomic E-state index is 10.9. The van der Waals surface area contributed by atoms with Crippen LogP contribution in [0.4, 0.5) is 0 Å². The van der Waals surface area contributed by atoms with Gasteiger partial charge in [-0.05, 0) is 6.42 Å². The van der Waals surface area contributed by atoms with Crippen LogP contribution in [0.1, 0.15) is 72.6 Å². The third-order valence-electron chi connectivity index (χ3n) is 3.00. The standard InChI is InChI=1S/C14H27NO4.K.H/c1-2-3-4-5-6-7-8-9-10-11-12-18-13(16)14(17)19-15;;/h2-12,15H2,1H3;;/q;+1;-1. The van der Waals surface area contributed by atoms with Crippen molar-refractivity contribution in [3.63, 3.8) is 0 Å². The maximum Gasteiger partial charge on any atom is 1.00 e. The number of rotatable bonds is 11. The van der Waals surface area contributed by atoms with Gasteiger partial charge in [-0.15, -0.1) is 0 Å². The van der Waals surface area contributed by atoms with Crippen LogP contribution in [0, 0.1) is 0 Å². The number of carbonyl (C=O) groups is 2. The molecular formula is C14H28KNO4. The van der Waals surface area contributed by atoms with Crippen LogP contribution < -0.4 is 57.3 Å². The van der Waals surface area contributed by atoms with Gasteiger partial charge in [0.05, 0.1) is 6.61 Å². The minimum atomic E-state index is -1.15. The van der Waals surface area contributed by atoms with Crippen molar-refractivity contribution in [2.45, 2.75) is 71.1 Å². The molecule has 0 heterocycles. The second-order valence-electron chi connectivity index (χ2n) is 4.72. The number of unbranched alkanes of at least 4 members (excludes halogenated alkanes) is 9. The molecule has 0 unspecified atom stereocenters. The Morgan fingerprint density at radius 1 is 0.850 bits per heavy atom.